The van der Waals surface area contributed by atoms with Crippen LogP contribution in [-0.4, -0.2) is 16.4 Å². The summed E-state index contributed by atoms with van der Waals surface area (Å²) in [6.45, 7) is 3.83. The molecule has 0 unspecified atom stereocenters. The summed E-state index contributed by atoms with van der Waals surface area (Å²) in [5, 5.41) is 1.22. The van der Waals surface area contributed by atoms with Crippen molar-refractivity contribution in [2.24, 2.45) is 9.98 Å². The normalized spacial score (nSPS) is 11.4. The molecule has 3 nitrogen and oxygen atoms in total. The van der Waals surface area contributed by atoms with E-state index in [1.807, 2.05) is 80.6 Å². The molecule has 0 saturated carbocycles. The van der Waals surface area contributed by atoms with Crippen LogP contribution in [0.15, 0.2) is 76.7 Å². The number of halogens is 3. The van der Waals surface area contributed by atoms with Crippen LogP contribution in [0.3, 0.4) is 0 Å². The van der Waals surface area contributed by atoms with E-state index in [2.05, 4.69) is 15.0 Å². The second-order valence-electron chi connectivity index (χ2n) is 5.71. The van der Waals surface area contributed by atoms with Gasteiger partial charge in [-0.25, -0.2) is 15.0 Å². The van der Waals surface area contributed by atoms with Crippen LogP contribution in [0.25, 0.3) is 0 Å². The van der Waals surface area contributed by atoms with E-state index in [0.717, 1.165) is 34.2 Å². The standard InChI is InChI=1S/C21H17Cl2N3.ClH.Fe/c1-14(24-20-10-5-3-8-16(20)22)18-12-7-13-19(26-18)15(2)25-21-11-6-4-9-17(21)23;;/h3-13H,1-2H3;1H;/b24-14+,25-15+;;. The molecule has 1 heterocycles. The number of hydrogen-bond donors (Lipinski definition) is 0. The molecule has 7 heteroatoms. The Balaban J connectivity index is 0.00000196. The fourth-order valence-corrected chi connectivity index (χ4v) is 2.75. The van der Waals surface area contributed by atoms with Gasteiger partial charge in [0.05, 0.1) is 44.2 Å². The smallest absolute Gasteiger partial charge is 0.0849 e. The third-order valence-corrected chi connectivity index (χ3v) is 4.41. The molecule has 0 fully saturated rings. The molecule has 0 radical (unpaired) electrons. The van der Waals surface area contributed by atoms with Crippen LogP contribution in [0.4, 0.5) is 11.4 Å². The van der Waals surface area contributed by atoms with Gasteiger partial charge in [0.1, 0.15) is 0 Å². The number of nitrogens with zero attached hydrogens (tertiary/aromatic N) is 3. The molecule has 3 rings (SSSR count). The average Bonchev–Trinajstić information content (AvgIpc) is 2.65. The minimum absolute atomic E-state index is 0. The number of aromatic nitrogens is 1. The van der Waals surface area contributed by atoms with Crippen molar-refractivity contribution in [2.75, 3.05) is 0 Å². The third-order valence-electron chi connectivity index (χ3n) is 3.77. The predicted molar refractivity (Wildman–Crippen MR) is 118 cm³/mol. The summed E-state index contributed by atoms with van der Waals surface area (Å²) in [6.07, 6.45) is 0. The van der Waals surface area contributed by atoms with Gasteiger partial charge in [-0.05, 0) is 50.2 Å². The number of hydrogen-bond acceptors (Lipinski definition) is 3. The van der Waals surface area contributed by atoms with Crippen molar-refractivity contribution in [3.05, 3.63) is 88.2 Å². The molecule has 0 saturated heterocycles. The van der Waals surface area contributed by atoms with Gasteiger partial charge in [0, 0.05) is 17.1 Å². The first-order valence-corrected chi connectivity index (χ1v) is 8.87. The molecule has 0 amide bonds. The van der Waals surface area contributed by atoms with Crippen LogP contribution in [0.2, 0.25) is 10.0 Å². The van der Waals surface area contributed by atoms with Crippen molar-refractivity contribution in [1.29, 1.82) is 0 Å². The molecule has 0 aliphatic rings. The maximum Gasteiger partial charge on any atom is 0.0849 e. The summed E-state index contributed by atoms with van der Waals surface area (Å²) in [4.78, 5) is 13.9. The van der Waals surface area contributed by atoms with Crippen molar-refractivity contribution < 1.29 is 17.1 Å². The van der Waals surface area contributed by atoms with E-state index < -0.39 is 0 Å². The van der Waals surface area contributed by atoms with E-state index >= 15 is 0 Å². The minimum atomic E-state index is 0. The monoisotopic (exact) mass is 473 g/mol. The summed E-state index contributed by atoms with van der Waals surface area (Å²) >= 11 is 12.4. The van der Waals surface area contributed by atoms with Crippen LogP contribution >= 0.6 is 35.6 Å². The van der Waals surface area contributed by atoms with E-state index in [-0.39, 0.29) is 29.5 Å². The third kappa shape index (κ3) is 6.16. The first kappa shape index (κ1) is 24.4. The molecule has 0 N–H and O–H groups in total. The van der Waals surface area contributed by atoms with Crippen LogP contribution in [0.1, 0.15) is 25.2 Å². The molecule has 3 aromatic rings. The molecule has 28 heavy (non-hydrogen) atoms. The van der Waals surface area contributed by atoms with Crippen molar-refractivity contribution in [1.82, 2.24) is 4.98 Å². The molecule has 0 aliphatic heterocycles. The van der Waals surface area contributed by atoms with E-state index in [1.54, 1.807) is 0 Å². The van der Waals surface area contributed by atoms with Gasteiger partial charge < -0.3 is 0 Å². The molecule has 0 aliphatic carbocycles. The molecule has 146 valence electrons. The van der Waals surface area contributed by atoms with E-state index in [9.17, 15) is 0 Å². The van der Waals surface area contributed by atoms with Crippen LogP contribution in [0.5, 0.6) is 0 Å². The van der Waals surface area contributed by atoms with Crippen LogP contribution in [-0.2, 0) is 17.1 Å². The Morgan fingerprint density at radius 1 is 0.679 bits per heavy atom. The van der Waals surface area contributed by atoms with Crippen molar-refractivity contribution in [2.45, 2.75) is 13.8 Å². The summed E-state index contributed by atoms with van der Waals surface area (Å²) in [7, 11) is 0. The first-order chi connectivity index (χ1) is 12.5. The van der Waals surface area contributed by atoms with Gasteiger partial charge in [0.15, 0.2) is 0 Å². The number of benzene rings is 2. The zero-order chi connectivity index (χ0) is 18.5. The summed E-state index contributed by atoms with van der Waals surface area (Å²) in [6, 6.07) is 20.7. The van der Waals surface area contributed by atoms with E-state index in [0.29, 0.717) is 10.0 Å². The fourth-order valence-electron chi connectivity index (χ4n) is 2.40. The maximum absolute atomic E-state index is 6.18. The molecular weight excluding hydrogens is 456 g/mol. The van der Waals surface area contributed by atoms with Gasteiger partial charge in [-0.1, -0.05) is 53.5 Å². The Bertz CT molecular complexity index is 927. The number of pyridine rings is 1. The van der Waals surface area contributed by atoms with Gasteiger partial charge in [-0.15, -0.1) is 12.4 Å². The molecule has 0 atom stereocenters. The van der Waals surface area contributed by atoms with Crippen LogP contribution in [0, 0.1) is 0 Å². The van der Waals surface area contributed by atoms with Crippen molar-refractivity contribution in [3.63, 3.8) is 0 Å². The molecule has 2 aromatic carbocycles. The Morgan fingerprint density at radius 3 is 1.46 bits per heavy atom. The van der Waals surface area contributed by atoms with E-state index in [4.69, 9.17) is 23.2 Å². The van der Waals surface area contributed by atoms with Crippen molar-refractivity contribution in [3.8, 4) is 0 Å². The number of rotatable bonds is 4. The maximum atomic E-state index is 6.18. The molecule has 0 spiro atoms. The second kappa shape index (κ2) is 11.4. The van der Waals surface area contributed by atoms with Gasteiger partial charge in [-0.3, -0.25) is 0 Å². The molecule has 0 bridgehead atoms. The Labute approximate surface area is 191 Å². The van der Waals surface area contributed by atoms with Crippen LogP contribution < -0.4 is 0 Å². The largest absolute Gasteiger partial charge is 0.250 e. The van der Waals surface area contributed by atoms with Crippen molar-refractivity contribution >= 4 is 58.4 Å². The van der Waals surface area contributed by atoms with Gasteiger partial charge >= 0.3 is 0 Å². The van der Waals surface area contributed by atoms with Gasteiger partial charge in [0.25, 0.3) is 0 Å². The van der Waals surface area contributed by atoms with E-state index in [1.165, 1.54) is 0 Å². The molecule has 1 aromatic heterocycles. The van der Waals surface area contributed by atoms with Gasteiger partial charge in [0.2, 0.25) is 0 Å². The minimum Gasteiger partial charge on any atom is -0.250 e. The Kier molecular flexibility index (Phi) is 9.88. The second-order valence-corrected chi connectivity index (χ2v) is 6.52. The topological polar surface area (TPSA) is 37.6 Å². The average molecular weight is 475 g/mol. The number of aliphatic imine (C=N–C) groups is 2. The quantitative estimate of drug-likeness (QED) is 0.294. The van der Waals surface area contributed by atoms with Gasteiger partial charge in [-0.2, -0.15) is 0 Å². The zero-order valence-corrected chi connectivity index (χ0v) is 18.6. The summed E-state index contributed by atoms with van der Waals surface area (Å²) in [5.74, 6) is 0. The fraction of sp³-hybridized carbons (Fsp3) is 0.0952. The summed E-state index contributed by atoms with van der Waals surface area (Å²) in [5.41, 5.74) is 4.56. The number of para-hydroxylation sites is 2. The zero-order valence-electron chi connectivity index (χ0n) is 15.2. The summed E-state index contributed by atoms with van der Waals surface area (Å²) < 4.78 is 0. The SMILES string of the molecule is C/C(=N\c1ccccc1Cl)c1cccc(/C(C)=N/c2ccccc2Cl)n1.Cl.[Fe]. The predicted octanol–water partition coefficient (Wildman–Crippen LogP) is 7.09. The Hall–Kier alpha value is -1.68. The molecular formula is C21H18Cl3FeN3. The Morgan fingerprint density at radius 2 is 1.07 bits per heavy atom. The first-order valence-electron chi connectivity index (χ1n) is 8.12.